The Morgan fingerprint density at radius 3 is 2.47 bits per heavy atom. The van der Waals surface area contributed by atoms with Crippen LogP contribution in [0.25, 0.3) is 33.5 Å². The van der Waals surface area contributed by atoms with Crippen molar-refractivity contribution < 1.29 is 14.3 Å². The molecule has 0 saturated heterocycles. The number of ether oxygens (including phenoxy) is 2. The van der Waals surface area contributed by atoms with Crippen molar-refractivity contribution in [1.29, 1.82) is 0 Å². The molecular formula is C28H24Cl2N4O4. The number of hydrogen-bond donors (Lipinski definition) is 0. The number of carbonyl (C=O) groups is 1. The number of methoxy groups -OCH3 is 2. The van der Waals surface area contributed by atoms with Gasteiger partial charge in [0.1, 0.15) is 17.1 Å². The van der Waals surface area contributed by atoms with Crippen molar-refractivity contribution in [1.82, 2.24) is 14.5 Å². The van der Waals surface area contributed by atoms with E-state index in [0.29, 0.717) is 47.0 Å². The molecule has 4 aromatic rings. The SMILES string of the molecule is C=CC(=O)N1CCc2ccc(-c3ncc4cc(-c5c(Cl)c(OC)cc(OC)c5Cl)c(=O)n(CC)c4n3)cc21. The molecule has 0 N–H and O–H groups in total. The molecule has 3 heterocycles. The Balaban J connectivity index is 1.68. The molecule has 0 unspecified atom stereocenters. The van der Waals surface area contributed by atoms with Gasteiger partial charge in [0.05, 0.1) is 29.8 Å². The zero-order chi connectivity index (χ0) is 27.1. The predicted octanol–water partition coefficient (Wildman–Crippen LogP) is 5.54. The molecule has 0 atom stereocenters. The largest absolute Gasteiger partial charge is 0.495 e. The number of anilines is 1. The summed E-state index contributed by atoms with van der Waals surface area (Å²) in [4.78, 5) is 37.0. The number of pyridine rings is 1. The molecule has 38 heavy (non-hydrogen) atoms. The number of amides is 1. The van der Waals surface area contributed by atoms with Gasteiger partial charge in [-0.05, 0) is 37.1 Å². The Hall–Kier alpha value is -3.88. The summed E-state index contributed by atoms with van der Waals surface area (Å²) in [6, 6.07) is 9.04. The lowest BCUT2D eigenvalue weighted by Crippen LogP contribution is -2.26. The summed E-state index contributed by atoms with van der Waals surface area (Å²) in [6.07, 6.45) is 3.74. The fourth-order valence-corrected chi connectivity index (χ4v) is 5.45. The Morgan fingerprint density at radius 2 is 1.84 bits per heavy atom. The fraction of sp³-hybridized carbons (Fsp3) is 0.214. The maximum absolute atomic E-state index is 13.7. The molecule has 0 radical (unpaired) electrons. The normalized spacial score (nSPS) is 12.5. The number of rotatable bonds is 6. The maximum atomic E-state index is 13.7. The van der Waals surface area contributed by atoms with Gasteiger partial charge in [-0.25, -0.2) is 9.97 Å². The van der Waals surface area contributed by atoms with Crippen LogP contribution >= 0.6 is 23.2 Å². The summed E-state index contributed by atoms with van der Waals surface area (Å²) in [7, 11) is 2.95. The molecule has 0 bridgehead atoms. The lowest BCUT2D eigenvalue weighted by molar-refractivity contribution is -0.114. The number of aromatic nitrogens is 3. The summed E-state index contributed by atoms with van der Waals surface area (Å²) in [5, 5.41) is 1.03. The third kappa shape index (κ3) is 4.10. The molecule has 0 spiro atoms. The van der Waals surface area contributed by atoms with E-state index in [1.54, 1.807) is 27.8 Å². The number of benzene rings is 2. The van der Waals surface area contributed by atoms with E-state index < -0.39 is 0 Å². The summed E-state index contributed by atoms with van der Waals surface area (Å²) in [5.41, 5.74) is 3.36. The number of nitrogens with zero attached hydrogens (tertiary/aromatic N) is 4. The molecule has 1 amide bonds. The van der Waals surface area contributed by atoms with Crippen LogP contribution in [0.5, 0.6) is 11.5 Å². The predicted molar refractivity (Wildman–Crippen MR) is 150 cm³/mol. The average molecular weight is 551 g/mol. The van der Waals surface area contributed by atoms with E-state index in [1.165, 1.54) is 20.3 Å². The number of fused-ring (bicyclic) bond motifs is 2. The van der Waals surface area contributed by atoms with Crippen molar-refractivity contribution in [3.8, 4) is 34.0 Å². The maximum Gasteiger partial charge on any atom is 0.260 e. The summed E-state index contributed by atoms with van der Waals surface area (Å²) in [5.74, 6) is 0.946. The van der Waals surface area contributed by atoms with E-state index in [-0.39, 0.29) is 27.1 Å². The Bertz CT molecular complexity index is 1650. The van der Waals surface area contributed by atoms with Crippen LogP contribution in [-0.2, 0) is 17.8 Å². The van der Waals surface area contributed by atoms with Crippen molar-refractivity contribution in [3.63, 3.8) is 0 Å². The molecule has 1 aliphatic heterocycles. The number of aryl methyl sites for hydroxylation is 1. The van der Waals surface area contributed by atoms with Gasteiger partial charge in [0, 0.05) is 47.6 Å². The minimum absolute atomic E-state index is 0.154. The fourth-order valence-electron chi connectivity index (χ4n) is 4.75. The second-order valence-corrected chi connectivity index (χ2v) is 9.41. The van der Waals surface area contributed by atoms with E-state index in [0.717, 1.165) is 23.2 Å². The van der Waals surface area contributed by atoms with Crippen molar-refractivity contribution in [2.24, 2.45) is 0 Å². The van der Waals surface area contributed by atoms with Gasteiger partial charge in [-0.1, -0.05) is 41.9 Å². The van der Waals surface area contributed by atoms with Crippen molar-refractivity contribution in [3.05, 3.63) is 75.1 Å². The monoisotopic (exact) mass is 550 g/mol. The molecule has 0 fully saturated rings. The smallest absolute Gasteiger partial charge is 0.260 e. The molecule has 2 aromatic heterocycles. The highest BCUT2D eigenvalue weighted by Crippen LogP contribution is 2.45. The molecule has 0 aliphatic carbocycles. The van der Waals surface area contributed by atoms with E-state index in [2.05, 4.69) is 11.6 Å². The molecular weight excluding hydrogens is 527 g/mol. The van der Waals surface area contributed by atoms with Crippen LogP contribution in [0, 0.1) is 0 Å². The zero-order valence-corrected chi connectivity index (χ0v) is 22.6. The van der Waals surface area contributed by atoms with Crippen LogP contribution in [-0.4, -0.2) is 41.2 Å². The average Bonchev–Trinajstić information content (AvgIpc) is 3.36. The lowest BCUT2D eigenvalue weighted by atomic mass is 10.0. The van der Waals surface area contributed by atoms with E-state index in [1.807, 2.05) is 25.1 Å². The standard InChI is InChI=1S/C28H24Cl2N4O4/c1-5-22(35)34-10-9-15-7-8-16(12-19(15)34)26-31-14-17-11-18(28(36)33(6-2)27(17)32-26)23-24(29)20(37-3)13-21(38-4)25(23)30/h5,7-8,11-14H,1,6,9-10H2,2-4H3. The molecule has 5 rings (SSSR count). The van der Waals surface area contributed by atoms with Gasteiger partial charge in [-0.2, -0.15) is 0 Å². The third-order valence-corrected chi connectivity index (χ3v) is 7.42. The molecule has 1 aliphatic rings. The summed E-state index contributed by atoms with van der Waals surface area (Å²) >= 11 is 13.2. The summed E-state index contributed by atoms with van der Waals surface area (Å²) < 4.78 is 12.3. The van der Waals surface area contributed by atoms with Gasteiger partial charge in [0.25, 0.3) is 5.56 Å². The first-order chi connectivity index (χ1) is 18.3. The first kappa shape index (κ1) is 25.8. The number of carbonyl (C=O) groups excluding carboxylic acids is 1. The lowest BCUT2D eigenvalue weighted by Gasteiger charge is -2.17. The number of halogens is 2. The molecule has 194 valence electrons. The van der Waals surface area contributed by atoms with Crippen molar-refractivity contribution in [2.45, 2.75) is 19.9 Å². The van der Waals surface area contributed by atoms with Gasteiger partial charge in [-0.3, -0.25) is 14.2 Å². The van der Waals surface area contributed by atoms with Crippen LogP contribution in [0.2, 0.25) is 10.0 Å². The first-order valence-corrected chi connectivity index (χ1v) is 12.7. The zero-order valence-electron chi connectivity index (χ0n) is 21.0. The first-order valence-electron chi connectivity index (χ1n) is 11.9. The molecule has 0 saturated carbocycles. The highest BCUT2D eigenvalue weighted by Gasteiger charge is 2.25. The molecule has 10 heteroatoms. The highest BCUT2D eigenvalue weighted by atomic mass is 35.5. The van der Waals surface area contributed by atoms with E-state index in [9.17, 15) is 9.59 Å². The Kier molecular flexibility index (Phi) is 6.86. The van der Waals surface area contributed by atoms with Crippen LogP contribution in [0.4, 0.5) is 5.69 Å². The quantitative estimate of drug-likeness (QED) is 0.293. The Labute approximate surface area is 229 Å². The highest BCUT2D eigenvalue weighted by molar-refractivity contribution is 6.41. The molecule has 2 aromatic carbocycles. The topological polar surface area (TPSA) is 86.6 Å². The second kappa shape index (κ2) is 10.1. The van der Waals surface area contributed by atoms with E-state index >= 15 is 0 Å². The number of hydrogen-bond acceptors (Lipinski definition) is 6. The van der Waals surface area contributed by atoms with Crippen LogP contribution < -0.4 is 19.9 Å². The van der Waals surface area contributed by atoms with Crippen molar-refractivity contribution >= 4 is 45.8 Å². The van der Waals surface area contributed by atoms with Gasteiger partial charge in [-0.15, -0.1) is 0 Å². The minimum Gasteiger partial charge on any atom is -0.495 e. The van der Waals surface area contributed by atoms with Crippen LogP contribution in [0.3, 0.4) is 0 Å². The summed E-state index contributed by atoms with van der Waals surface area (Å²) in [6.45, 7) is 6.40. The second-order valence-electron chi connectivity index (χ2n) is 8.65. The van der Waals surface area contributed by atoms with Gasteiger partial charge >= 0.3 is 0 Å². The van der Waals surface area contributed by atoms with Crippen molar-refractivity contribution in [2.75, 3.05) is 25.7 Å². The van der Waals surface area contributed by atoms with Crippen LogP contribution in [0.15, 0.2) is 54.0 Å². The third-order valence-electron chi connectivity index (χ3n) is 6.67. The molecule has 8 nitrogen and oxygen atoms in total. The Morgan fingerprint density at radius 1 is 1.13 bits per heavy atom. The van der Waals surface area contributed by atoms with E-state index in [4.69, 9.17) is 37.7 Å². The van der Waals surface area contributed by atoms with Crippen LogP contribution in [0.1, 0.15) is 12.5 Å². The minimum atomic E-state index is -0.319. The van der Waals surface area contributed by atoms with Gasteiger partial charge in [0.2, 0.25) is 5.91 Å². The van der Waals surface area contributed by atoms with Gasteiger partial charge < -0.3 is 14.4 Å². The van der Waals surface area contributed by atoms with Gasteiger partial charge in [0.15, 0.2) is 5.82 Å².